The number of sulfonamides is 1. The molecule has 0 aliphatic heterocycles. The fourth-order valence-corrected chi connectivity index (χ4v) is 3.21. The summed E-state index contributed by atoms with van der Waals surface area (Å²) in [6, 6.07) is 11.1. The molecule has 27 heavy (non-hydrogen) atoms. The van der Waals surface area contributed by atoms with Gasteiger partial charge in [0.15, 0.2) is 0 Å². The summed E-state index contributed by atoms with van der Waals surface area (Å²) in [5, 5.41) is 6.70. The summed E-state index contributed by atoms with van der Waals surface area (Å²) in [4.78, 5) is -0.0626. The fraction of sp³-hybridized carbons (Fsp3) is 0.125. The molecule has 2 aromatic rings. The normalized spacial score (nSPS) is 12.5. The van der Waals surface area contributed by atoms with Crippen LogP contribution in [0.4, 0.5) is 23.2 Å². The van der Waals surface area contributed by atoms with Gasteiger partial charge in [0.05, 0.1) is 5.69 Å². The standard InChI is InChI=1S/C16H14F4N2O3S2/c17-15(18)16(19,20)25-12-7-5-11(6-8-12)9-10-26-22-13-3-1-2-4-14(13)27(21,23)24/h1-10,15,22H,(H2,21,23,24)/b10-9+. The van der Waals surface area contributed by atoms with E-state index >= 15 is 0 Å². The van der Waals surface area contributed by atoms with E-state index in [0.717, 1.165) is 24.1 Å². The molecule has 0 aliphatic rings. The van der Waals surface area contributed by atoms with E-state index in [0.29, 0.717) is 11.3 Å². The van der Waals surface area contributed by atoms with Gasteiger partial charge in [-0.1, -0.05) is 24.3 Å². The van der Waals surface area contributed by atoms with Crippen molar-refractivity contribution >= 4 is 33.7 Å². The van der Waals surface area contributed by atoms with Gasteiger partial charge >= 0.3 is 12.5 Å². The van der Waals surface area contributed by atoms with Gasteiger partial charge in [-0.05, 0) is 53.3 Å². The molecule has 11 heteroatoms. The molecule has 146 valence electrons. The largest absolute Gasteiger partial charge is 0.461 e. The average Bonchev–Trinajstić information content (AvgIpc) is 2.59. The first-order valence-corrected chi connectivity index (χ1v) is 9.67. The topological polar surface area (TPSA) is 81.4 Å². The molecule has 0 fully saturated rings. The van der Waals surface area contributed by atoms with Crippen molar-refractivity contribution < 1.29 is 30.7 Å². The van der Waals surface area contributed by atoms with Crippen molar-refractivity contribution in [2.24, 2.45) is 5.14 Å². The van der Waals surface area contributed by atoms with E-state index in [1.165, 1.54) is 30.3 Å². The van der Waals surface area contributed by atoms with Crippen LogP contribution in [0.5, 0.6) is 5.75 Å². The number of rotatable bonds is 8. The van der Waals surface area contributed by atoms with Crippen LogP contribution in [0.15, 0.2) is 58.8 Å². The Balaban J connectivity index is 1.96. The van der Waals surface area contributed by atoms with Crippen LogP contribution in [0.2, 0.25) is 0 Å². The number of halogens is 4. The summed E-state index contributed by atoms with van der Waals surface area (Å²) < 4.78 is 79.5. The smallest absolute Gasteiger partial charge is 0.428 e. The molecular weight excluding hydrogens is 408 g/mol. The number of primary sulfonamides is 1. The molecule has 0 bridgehead atoms. The van der Waals surface area contributed by atoms with Crippen molar-refractivity contribution in [3.63, 3.8) is 0 Å². The predicted octanol–water partition coefficient (Wildman–Crippen LogP) is 4.30. The second kappa shape index (κ2) is 8.63. The van der Waals surface area contributed by atoms with Crippen LogP contribution < -0.4 is 14.6 Å². The number of alkyl halides is 4. The lowest BCUT2D eigenvalue weighted by Crippen LogP contribution is -2.33. The molecular formula is C16H14F4N2O3S2. The Morgan fingerprint density at radius 3 is 2.33 bits per heavy atom. The molecule has 0 radical (unpaired) electrons. The third-order valence-corrected chi connectivity index (χ3v) is 4.66. The Bertz CT molecular complexity index is 904. The van der Waals surface area contributed by atoms with Crippen LogP contribution in [0.1, 0.15) is 5.56 Å². The van der Waals surface area contributed by atoms with Gasteiger partial charge in [0, 0.05) is 0 Å². The van der Waals surface area contributed by atoms with Crippen LogP contribution in [0.25, 0.3) is 6.08 Å². The van der Waals surface area contributed by atoms with Crippen molar-refractivity contribution in [2.45, 2.75) is 17.4 Å². The zero-order valence-corrected chi connectivity index (χ0v) is 15.1. The maximum absolute atomic E-state index is 12.8. The van der Waals surface area contributed by atoms with Gasteiger partial charge in [0.25, 0.3) is 0 Å². The van der Waals surface area contributed by atoms with Gasteiger partial charge in [-0.15, -0.1) is 0 Å². The Morgan fingerprint density at radius 1 is 1.11 bits per heavy atom. The first-order chi connectivity index (χ1) is 12.6. The summed E-state index contributed by atoms with van der Waals surface area (Å²) in [5.74, 6) is -0.398. The highest BCUT2D eigenvalue weighted by atomic mass is 32.2. The number of para-hydroxylation sites is 1. The lowest BCUT2D eigenvalue weighted by Gasteiger charge is -2.16. The minimum Gasteiger partial charge on any atom is -0.428 e. The maximum atomic E-state index is 12.8. The number of ether oxygens (including phenoxy) is 1. The number of hydrogen-bond donors (Lipinski definition) is 2. The van der Waals surface area contributed by atoms with Gasteiger partial charge in [-0.25, -0.2) is 13.6 Å². The molecule has 0 aliphatic carbocycles. The van der Waals surface area contributed by atoms with Gasteiger partial charge in [-0.2, -0.15) is 17.6 Å². The van der Waals surface area contributed by atoms with E-state index in [9.17, 15) is 26.0 Å². The van der Waals surface area contributed by atoms with Crippen molar-refractivity contribution in [1.29, 1.82) is 0 Å². The minimum absolute atomic E-state index is 0.0626. The molecule has 0 aromatic heterocycles. The van der Waals surface area contributed by atoms with Gasteiger partial charge in [0.1, 0.15) is 10.6 Å². The zero-order valence-electron chi connectivity index (χ0n) is 13.5. The monoisotopic (exact) mass is 422 g/mol. The molecule has 5 nitrogen and oxygen atoms in total. The van der Waals surface area contributed by atoms with Gasteiger partial charge in [0.2, 0.25) is 10.0 Å². The predicted molar refractivity (Wildman–Crippen MR) is 96.1 cm³/mol. The molecule has 0 heterocycles. The van der Waals surface area contributed by atoms with E-state index < -0.39 is 28.3 Å². The van der Waals surface area contributed by atoms with Crippen molar-refractivity contribution in [3.05, 3.63) is 59.5 Å². The van der Waals surface area contributed by atoms with Crippen molar-refractivity contribution in [1.82, 2.24) is 0 Å². The molecule has 3 N–H and O–H groups in total. The van der Waals surface area contributed by atoms with Crippen molar-refractivity contribution in [3.8, 4) is 5.75 Å². The summed E-state index contributed by atoms with van der Waals surface area (Å²) in [5.41, 5.74) is 0.879. The van der Waals surface area contributed by atoms with E-state index in [1.807, 2.05) is 0 Å². The Hall–Kier alpha value is -2.24. The summed E-state index contributed by atoms with van der Waals surface area (Å²) in [7, 11) is -3.88. The van der Waals surface area contributed by atoms with E-state index in [4.69, 9.17) is 5.14 Å². The Labute approximate surface area is 157 Å². The number of nitrogens with one attached hydrogen (secondary N) is 1. The maximum Gasteiger partial charge on any atom is 0.461 e. The molecule has 0 saturated heterocycles. The first-order valence-electron chi connectivity index (χ1n) is 7.25. The lowest BCUT2D eigenvalue weighted by molar-refractivity contribution is -0.253. The molecule has 2 aromatic carbocycles. The van der Waals surface area contributed by atoms with E-state index in [1.54, 1.807) is 17.6 Å². The fourth-order valence-electron chi connectivity index (χ4n) is 1.86. The second-order valence-corrected chi connectivity index (χ2v) is 7.34. The first kappa shape index (κ1) is 21.1. The Morgan fingerprint density at radius 2 is 1.74 bits per heavy atom. The number of benzene rings is 2. The summed E-state index contributed by atoms with van der Waals surface area (Å²) >= 11 is 1.05. The van der Waals surface area contributed by atoms with Crippen LogP contribution >= 0.6 is 11.9 Å². The summed E-state index contributed by atoms with van der Waals surface area (Å²) in [6.07, 6.45) is -6.90. The van der Waals surface area contributed by atoms with E-state index in [-0.39, 0.29) is 4.90 Å². The number of nitrogens with two attached hydrogens (primary N) is 1. The van der Waals surface area contributed by atoms with Gasteiger partial charge in [-0.3, -0.25) is 0 Å². The molecule has 2 rings (SSSR count). The summed E-state index contributed by atoms with van der Waals surface area (Å²) in [6.45, 7) is 0. The highest BCUT2D eigenvalue weighted by Crippen LogP contribution is 2.28. The number of anilines is 1. The van der Waals surface area contributed by atoms with Crippen LogP contribution in [0.3, 0.4) is 0 Å². The Kier molecular flexibility index (Phi) is 6.73. The molecule has 0 amide bonds. The molecule has 0 atom stereocenters. The molecule has 0 spiro atoms. The SMILES string of the molecule is NS(=O)(=O)c1ccccc1NS/C=C/c1ccc(OC(F)(F)C(F)F)cc1. The average molecular weight is 422 g/mol. The molecule has 0 unspecified atom stereocenters. The van der Waals surface area contributed by atoms with Crippen LogP contribution in [-0.4, -0.2) is 21.0 Å². The minimum atomic E-state index is -4.56. The van der Waals surface area contributed by atoms with Gasteiger partial charge < -0.3 is 9.46 Å². The third kappa shape index (κ3) is 6.15. The zero-order chi connectivity index (χ0) is 20.1. The lowest BCUT2D eigenvalue weighted by atomic mass is 10.2. The third-order valence-electron chi connectivity index (χ3n) is 3.08. The second-order valence-electron chi connectivity index (χ2n) is 5.10. The van der Waals surface area contributed by atoms with Crippen LogP contribution in [0, 0.1) is 0 Å². The van der Waals surface area contributed by atoms with Crippen LogP contribution in [-0.2, 0) is 10.0 Å². The highest BCUT2D eigenvalue weighted by molar-refractivity contribution is 8.03. The number of hydrogen-bond acceptors (Lipinski definition) is 5. The highest BCUT2D eigenvalue weighted by Gasteiger charge is 2.43. The van der Waals surface area contributed by atoms with Crippen molar-refractivity contribution in [2.75, 3.05) is 4.72 Å². The van der Waals surface area contributed by atoms with E-state index in [2.05, 4.69) is 9.46 Å². The quantitative estimate of drug-likeness (QED) is 0.490. The molecule has 0 saturated carbocycles.